The zero-order valence-corrected chi connectivity index (χ0v) is 23.4. The number of amides is 2. The minimum Gasteiger partial charge on any atom is -0.496 e. The molecule has 3 aromatic carbocycles. The Labute approximate surface area is 246 Å². The number of methoxy groups -OCH3 is 1. The van der Waals surface area contributed by atoms with E-state index in [9.17, 15) is 35.9 Å². The lowest BCUT2D eigenvalue weighted by molar-refractivity contribution is -0.274. The van der Waals surface area contributed by atoms with E-state index in [0.717, 1.165) is 25.3 Å². The van der Waals surface area contributed by atoms with Crippen molar-refractivity contribution in [3.8, 4) is 11.5 Å². The molecule has 0 aromatic heterocycles. The van der Waals surface area contributed by atoms with Crippen LogP contribution in [-0.2, 0) is 6.18 Å². The van der Waals surface area contributed by atoms with E-state index >= 15 is 0 Å². The minimum atomic E-state index is -4.90. The lowest BCUT2D eigenvalue weighted by Gasteiger charge is -2.29. The average molecular weight is 635 g/mol. The van der Waals surface area contributed by atoms with Crippen molar-refractivity contribution in [1.82, 2.24) is 9.80 Å². The van der Waals surface area contributed by atoms with E-state index < -0.39 is 53.4 Å². The molecule has 1 fully saturated rings. The SMILES string of the molecule is COc1ccc(C(=O)N(C)[C@@H]2CN(C(=O)c3ccc(OC(F)(F)F)cc3)C[C@H]2c2ccc(Cl)c(Cl)c2)cc1C(F)(F)F. The zero-order valence-electron chi connectivity index (χ0n) is 21.9. The molecule has 0 aliphatic carbocycles. The van der Waals surface area contributed by atoms with Gasteiger partial charge in [-0.05, 0) is 60.2 Å². The van der Waals surface area contributed by atoms with Gasteiger partial charge in [0.15, 0.2) is 0 Å². The van der Waals surface area contributed by atoms with E-state index in [1.165, 1.54) is 35.0 Å². The third-order valence-corrected chi connectivity index (χ3v) is 7.59. The van der Waals surface area contributed by atoms with Gasteiger partial charge in [-0.25, -0.2) is 0 Å². The molecule has 224 valence electrons. The molecule has 1 aliphatic heterocycles. The summed E-state index contributed by atoms with van der Waals surface area (Å²) in [7, 11) is 2.49. The van der Waals surface area contributed by atoms with Crippen molar-refractivity contribution >= 4 is 35.0 Å². The Morgan fingerprint density at radius 3 is 2.10 bits per heavy atom. The molecule has 0 radical (unpaired) electrons. The number of carbonyl (C=O) groups excluding carboxylic acids is 2. The van der Waals surface area contributed by atoms with E-state index in [1.54, 1.807) is 18.2 Å². The number of hydrogen-bond donors (Lipinski definition) is 0. The van der Waals surface area contributed by atoms with Gasteiger partial charge in [-0.2, -0.15) is 13.2 Å². The van der Waals surface area contributed by atoms with Gasteiger partial charge in [0.2, 0.25) is 0 Å². The van der Waals surface area contributed by atoms with E-state index in [-0.39, 0.29) is 34.3 Å². The summed E-state index contributed by atoms with van der Waals surface area (Å²) in [6.07, 6.45) is -9.68. The van der Waals surface area contributed by atoms with Crippen molar-refractivity contribution in [1.29, 1.82) is 0 Å². The van der Waals surface area contributed by atoms with Crippen LogP contribution in [0.1, 0.15) is 37.8 Å². The number of nitrogens with zero attached hydrogens (tertiary/aromatic N) is 2. The fraction of sp³-hybridized carbons (Fsp3) is 0.286. The molecule has 42 heavy (non-hydrogen) atoms. The number of likely N-dealkylation sites (N-methyl/N-ethyl adjacent to an activating group) is 1. The molecule has 4 rings (SSSR count). The van der Waals surface area contributed by atoms with Crippen molar-refractivity contribution in [2.24, 2.45) is 0 Å². The van der Waals surface area contributed by atoms with Crippen molar-refractivity contribution in [2.45, 2.75) is 24.5 Å². The first-order valence-corrected chi connectivity index (χ1v) is 13.0. The largest absolute Gasteiger partial charge is 0.573 e. The molecular formula is C28H22Cl2F6N2O4. The maximum atomic E-state index is 13.6. The van der Waals surface area contributed by atoms with Crippen LogP contribution in [0.3, 0.4) is 0 Å². The van der Waals surface area contributed by atoms with Crippen LogP contribution in [0, 0.1) is 0 Å². The predicted molar refractivity (Wildman–Crippen MR) is 142 cm³/mol. The number of hydrogen-bond acceptors (Lipinski definition) is 4. The molecule has 6 nitrogen and oxygen atoms in total. The van der Waals surface area contributed by atoms with Crippen LogP contribution in [0.2, 0.25) is 10.0 Å². The van der Waals surface area contributed by atoms with Gasteiger partial charge >= 0.3 is 12.5 Å². The van der Waals surface area contributed by atoms with E-state index in [1.807, 2.05) is 0 Å². The molecule has 1 saturated heterocycles. The second-order valence-electron chi connectivity index (χ2n) is 9.46. The highest BCUT2D eigenvalue weighted by Gasteiger charge is 2.41. The highest BCUT2D eigenvalue weighted by Crippen LogP contribution is 2.38. The number of alkyl halides is 6. The maximum Gasteiger partial charge on any atom is 0.573 e. The first kappa shape index (κ1) is 31.3. The highest BCUT2D eigenvalue weighted by atomic mass is 35.5. The second-order valence-corrected chi connectivity index (χ2v) is 10.3. The average Bonchev–Trinajstić information content (AvgIpc) is 3.37. The Morgan fingerprint density at radius 2 is 1.52 bits per heavy atom. The summed E-state index contributed by atoms with van der Waals surface area (Å²) in [6, 6.07) is 11.4. The summed E-state index contributed by atoms with van der Waals surface area (Å²) < 4.78 is 87.0. The molecule has 0 N–H and O–H groups in total. The summed E-state index contributed by atoms with van der Waals surface area (Å²) in [5.74, 6) is -2.76. The van der Waals surface area contributed by atoms with Gasteiger partial charge in [0.1, 0.15) is 11.5 Å². The van der Waals surface area contributed by atoms with Gasteiger partial charge in [-0.3, -0.25) is 9.59 Å². The monoisotopic (exact) mass is 634 g/mol. The van der Waals surface area contributed by atoms with Gasteiger partial charge in [0.25, 0.3) is 11.8 Å². The van der Waals surface area contributed by atoms with Gasteiger partial charge in [0.05, 0.1) is 28.8 Å². The summed E-state index contributed by atoms with van der Waals surface area (Å²) in [5, 5.41) is 0.489. The van der Waals surface area contributed by atoms with Crippen LogP contribution in [-0.4, -0.2) is 61.3 Å². The van der Waals surface area contributed by atoms with Gasteiger partial charge < -0.3 is 19.3 Å². The van der Waals surface area contributed by atoms with Crippen molar-refractivity contribution in [3.63, 3.8) is 0 Å². The van der Waals surface area contributed by atoms with Crippen molar-refractivity contribution < 1.29 is 45.4 Å². The smallest absolute Gasteiger partial charge is 0.496 e. The Kier molecular flexibility index (Phi) is 8.89. The highest BCUT2D eigenvalue weighted by molar-refractivity contribution is 6.42. The summed E-state index contributed by atoms with van der Waals surface area (Å²) >= 11 is 12.3. The molecule has 2 atom stereocenters. The molecule has 0 spiro atoms. The summed E-state index contributed by atoms with van der Waals surface area (Å²) in [5.41, 5.74) is -0.684. The van der Waals surface area contributed by atoms with E-state index in [0.29, 0.717) is 11.6 Å². The number of rotatable bonds is 6. The predicted octanol–water partition coefficient (Wildman–Crippen LogP) is 7.30. The van der Waals surface area contributed by atoms with Gasteiger partial charge in [-0.15, -0.1) is 13.2 Å². The number of ether oxygens (including phenoxy) is 2. The normalized spacial score (nSPS) is 17.2. The van der Waals surface area contributed by atoms with Crippen LogP contribution in [0.4, 0.5) is 26.3 Å². The fourth-order valence-electron chi connectivity index (χ4n) is 4.81. The van der Waals surface area contributed by atoms with Crippen LogP contribution < -0.4 is 9.47 Å². The second kappa shape index (κ2) is 11.9. The number of halogens is 8. The number of benzene rings is 3. The molecule has 1 heterocycles. The Morgan fingerprint density at radius 1 is 0.881 bits per heavy atom. The Balaban J connectivity index is 1.65. The standard InChI is InChI=1S/C28H22Cl2F6N2O4/c1-37(25(39)17-6-10-24(41-2)20(11-17)27(31,32)33)23-14-38(13-19(23)16-5-9-21(29)22(30)12-16)26(40)15-3-7-18(8-4-15)42-28(34,35)36/h3-12,19,23H,13-14H2,1-2H3/t19-,23+/m0/s1. The summed E-state index contributed by atoms with van der Waals surface area (Å²) in [4.78, 5) is 29.5. The van der Waals surface area contributed by atoms with E-state index in [2.05, 4.69) is 4.74 Å². The number of likely N-dealkylation sites (tertiary alicyclic amines) is 1. The minimum absolute atomic E-state index is 0.0327. The topological polar surface area (TPSA) is 59.1 Å². The summed E-state index contributed by atoms with van der Waals surface area (Å²) in [6.45, 7) is 0.0331. The van der Waals surface area contributed by atoms with Gasteiger partial charge in [0, 0.05) is 37.2 Å². The maximum absolute atomic E-state index is 13.6. The number of carbonyl (C=O) groups is 2. The molecule has 3 aromatic rings. The van der Waals surface area contributed by atoms with Gasteiger partial charge in [-0.1, -0.05) is 29.3 Å². The molecule has 0 saturated carbocycles. The zero-order chi connectivity index (χ0) is 31.0. The Hall–Kier alpha value is -3.64. The first-order valence-electron chi connectivity index (χ1n) is 12.2. The van der Waals surface area contributed by atoms with E-state index in [4.69, 9.17) is 27.9 Å². The first-order chi connectivity index (χ1) is 19.6. The lowest BCUT2D eigenvalue weighted by atomic mass is 9.93. The molecule has 14 heteroatoms. The Bertz CT molecular complexity index is 1480. The van der Waals surface area contributed by atoms with Crippen LogP contribution in [0.15, 0.2) is 60.7 Å². The fourth-order valence-corrected chi connectivity index (χ4v) is 5.12. The molecular weight excluding hydrogens is 613 g/mol. The van der Waals surface area contributed by atoms with Crippen LogP contribution in [0.25, 0.3) is 0 Å². The van der Waals surface area contributed by atoms with Crippen LogP contribution >= 0.6 is 23.2 Å². The lowest BCUT2D eigenvalue weighted by Crippen LogP contribution is -2.42. The molecule has 0 bridgehead atoms. The third-order valence-electron chi connectivity index (χ3n) is 6.85. The van der Waals surface area contributed by atoms with Crippen molar-refractivity contribution in [2.75, 3.05) is 27.2 Å². The molecule has 1 aliphatic rings. The quantitative estimate of drug-likeness (QED) is 0.267. The van der Waals surface area contributed by atoms with Crippen LogP contribution in [0.5, 0.6) is 11.5 Å². The third kappa shape index (κ3) is 6.87. The molecule has 2 amide bonds. The molecule has 0 unspecified atom stereocenters. The van der Waals surface area contributed by atoms with Crippen molar-refractivity contribution in [3.05, 3.63) is 93.0 Å².